The number of rotatable bonds is 6. The van der Waals surface area contributed by atoms with E-state index in [-0.39, 0.29) is 5.84 Å². The molecule has 1 aromatic heterocycles. The van der Waals surface area contributed by atoms with E-state index >= 15 is 0 Å². The first-order valence-electron chi connectivity index (χ1n) is 5.83. The molecule has 0 saturated heterocycles. The topological polar surface area (TPSA) is 93.6 Å². The van der Waals surface area contributed by atoms with Crippen LogP contribution in [-0.4, -0.2) is 34.6 Å². The van der Waals surface area contributed by atoms with Crippen molar-refractivity contribution in [3.05, 3.63) is 29.3 Å². The summed E-state index contributed by atoms with van der Waals surface area (Å²) in [4.78, 5) is 0. The van der Waals surface area contributed by atoms with E-state index in [0.717, 1.165) is 20.0 Å². The van der Waals surface area contributed by atoms with Crippen LogP contribution in [0, 0.1) is 0 Å². The molecule has 1 aromatic carbocycles. The zero-order chi connectivity index (χ0) is 15.2. The molecule has 0 bridgehead atoms. The van der Waals surface area contributed by atoms with Crippen LogP contribution in [0.25, 0.3) is 0 Å². The van der Waals surface area contributed by atoms with Crippen molar-refractivity contribution in [1.29, 1.82) is 0 Å². The van der Waals surface area contributed by atoms with Gasteiger partial charge in [0, 0.05) is 5.75 Å². The Morgan fingerprint density at radius 2 is 2.19 bits per heavy atom. The zero-order valence-electron chi connectivity index (χ0n) is 11.4. The fraction of sp³-hybridized carbons (Fsp3) is 0.250. The number of thioether (sulfide) groups is 2. The number of oxime groups is 1. The molecular formula is C12H14N4O2S3. The van der Waals surface area contributed by atoms with Crippen LogP contribution in [0.5, 0.6) is 5.75 Å². The molecule has 0 saturated carbocycles. The summed E-state index contributed by atoms with van der Waals surface area (Å²) in [5.74, 6) is 1.32. The lowest BCUT2D eigenvalue weighted by molar-refractivity contribution is 0.318. The van der Waals surface area contributed by atoms with Crippen LogP contribution in [0.2, 0.25) is 0 Å². The van der Waals surface area contributed by atoms with Crippen LogP contribution in [0.4, 0.5) is 0 Å². The summed E-state index contributed by atoms with van der Waals surface area (Å²) in [6, 6.07) is 5.59. The second kappa shape index (κ2) is 7.53. The molecule has 3 N–H and O–H groups in total. The van der Waals surface area contributed by atoms with Gasteiger partial charge < -0.3 is 15.7 Å². The lowest BCUT2D eigenvalue weighted by Crippen LogP contribution is -2.14. The summed E-state index contributed by atoms with van der Waals surface area (Å²) < 4.78 is 7.07. The molecule has 0 aliphatic carbocycles. The molecule has 9 heteroatoms. The molecule has 0 unspecified atom stereocenters. The quantitative estimate of drug-likeness (QED) is 0.274. The predicted molar refractivity (Wildman–Crippen MR) is 86.8 cm³/mol. The molecule has 21 heavy (non-hydrogen) atoms. The van der Waals surface area contributed by atoms with Crippen LogP contribution in [-0.2, 0) is 5.75 Å². The lowest BCUT2D eigenvalue weighted by atomic mass is 10.1. The number of hydrogen-bond donors (Lipinski definition) is 2. The monoisotopic (exact) mass is 342 g/mol. The summed E-state index contributed by atoms with van der Waals surface area (Å²) in [6.07, 6.45) is 1.97. The molecule has 112 valence electrons. The van der Waals surface area contributed by atoms with Crippen LogP contribution in [0.15, 0.2) is 32.0 Å². The molecule has 0 fully saturated rings. The van der Waals surface area contributed by atoms with Gasteiger partial charge in [-0.15, -0.1) is 10.2 Å². The Bertz CT molecular complexity index is 645. The van der Waals surface area contributed by atoms with E-state index in [2.05, 4.69) is 15.4 Å². The molecule has 0 amide bonds. The fourth-order valence-corrected chi connectivity index (χ4v) is 3.96. The Kier molecular flexibility index (Phi) is 5.71. The lowest BCUT2D eigenvalue weighted by Gasteiger charge is -2.09. The van der Waals surface area contributed by atoms with E-state index in [1.807, 2.05) is 18.4 Å². The van der Waals surface area contributed by atoms with Gasteiger partial charge in [-0.05, 0) is 24.0 Å². The zero-order valence-corrected chi connectivity index (χ0v) is 13.9. The number of benzene rings is 1. The summed E-state index contributed by atoms with van der Waals surface area (Å²) in [7, 11) is 1.54. The largest absolute Gasteiger partial charge is 0.496 e. The highest BCUT2D eigenvalue weighted by Gasteiger charge is 2.10. The van der Waals surface area contributed by atoms with Gasteiger partial charge in [0.2, 0.25) is 0 Å². The van der Waals surface area contributed by atoms with Gasteiger partial charge in [0.05, 0.1) is 12.7 Å². The molecule has 6 nitrogen and oxygen atoms in total. The van der Waals surface area contributed by atoms with Crippen molar-refractivity contribution in [3.8, 4) is 5.75 Å². The normalized spacial score (nSPS) is 11.6. The standard InChI is InChI=1S/C12H14N4O2S3/c1-18-9-4-3-7(5-8(9)10(13)16-17)6-20-12-15-14-11(19-2)21-12/h3-5,17H,6H2,1-2H3,(H2,13,16). The number of nitrogens with zero attached hydrogens (tertiary/aromatic N) is 3. The van der Waals surface area contributed by atoms with Crippen molar-refractivity contribution in [1.82, 2.24) is 10.2 Å². The SMILES string of the molecule is COc1ccc(CSc2nnc(SC)s2)cc1/C(N)=N/O. The highest BCUT2D eigenvalue weighted by Crippen LogP contribution is 2.30. The number of hydrogen-bond acceptors (Lipinski definition) is 8. The molecule has 2 aromatic rings. The maximum absolute atomic E-state index is 8.82. The van der Waals surface area contributed by atoms with Gasteiger partial charge in [0.15, 0.2) is 14.5 Å². The first-order valence-corrected chi connectivity index (χ1v) is 8.85. The Morgan fingerprint density at radius 1 is 1.43 bits per heavy atom. The fourth-order valence-electron chi connectivity index (χ4n) is 1.58. The number of ether oxygens (including phenoxy) is 1. The van der Waals surface area contributed by atoms with E-state index < -0.39 is 0 Å². The Balaban J connectivity index is 2.13. The molecule has 0 spiro atoms. The summed E-state index contributed by atoms with van der Waals surface area (Å²) >= 11 is 4.74. The number of nitrogens with two attached hydrogens (primary N) is 1. The van der Waals surface area contributed by atoms with E-state index in [9.17, 15) is 0 Å². The van der Waals surface area contributed by atoms with Crippen LogP contribution < -0.4 is 10.5 Å². The third-order valence-corrected chi connectivity index (χ3v) is 5.68. The number of amidine groups is 1. The van der Waals surface area contributed by atoms with Gasteiger partial charge in [0.1, 0.15) is 5.75 Å². The minimum Gasteiger partial charge on any atom is -0.496 e. The van der Waals surface area contributed by atoms with Crippen molar-refractivity contribution in [2.24, 2.45) is 10.9 Å². The van der Waals surface area contributed by atoms with E-state index in [4.69, 9.17) is 15.7 Å². The van der Waals surface area contributed by atoms with Gasteiger partial charge in [-0.2, -0.15) is 0 Å². The van der Waals surface area contributed by atoms with Crippen molar-refractivity contribution < 1.29 is 9.94 Å². The van der Waals surface area contributed by atoms with Gasteiger partial charge in [0.25, 0.3) is 0 Å². The molecule has 2 rings (SSSR count). The minimum atomic E-state index is 0.0271. The van der Waals surface area contributed by atoms with Gasteiger partial charge in [-0.25, -0.2) is 0 Å². The molecular weight excluding hydrogens is 328 g/mol. The average molecular weight is 342 g/mol. The van der Waals surface area contributed by atoms with Crippen LogP contribution >= 0.6 is 34.9 Å². The van der Waals surface area contributed by atoms with Crippen molar-refractivity contribution >= 4 is 40.7 Å². The van der Waals surface area contributed by atoms with Crippen molar-refractivity contribution in [2.45, 2.75) is 14.4 Å². The second-order valence-corrected chi connectivity index (χ2v) is 7.10. The summed E-state index contributed by atoms with van der Waals surface area (Å²) in [6.45, 7) is 0. The third-order valence-electron chi connectivity index (χ3n) is 2.57. The molecule has 0 radical (unpaired) electrons. The van der Waals surface area contributed by atoms with E-state index in [0.29, 0.717) is 11.3 Å². The molecule has 1 heterocycles. The third kappa shape index (κ3) is 4.02. The van der Waals surface area contributed by atoms with Gasteiger partial charge in [-0.3, -0.25) is 0 Å². The van der Waals surface area contributed by atoms with Crippen LogP contribution in [0.1, 0.15) is 11.1 Å². The van der Waals surface area contributed by atoms with E-state index in [1.165, 1.54) is 0 Å². The van der Waals surface area contributed by atoms with Crippen molar-refractivity contribution in [2.75, 3.05) is 13.4 Å². The maximum atomic E-state index is 8.82. The molecule has 0 atom stereocenters. The maximum Gasteiger partial charge on any atom is 0.175 e. The first-order chi connectivity index (χ1) is 10.2. The van der Waals surface area contributed by atoms with Crippen LogP contribution in [0.3, 0.4) is 0 Å². The second-order valence-electron chi connectivity index (χ2n) is 3.85. The summed E-state index contributed by atoms with van der Waals surface area (Å²) in [5, 5.41) is 20.0. The first kappa shape index (κ1) is 15.9. The molecule has 0 aliphatic rings. The Hall–Kier alpha value is -1.45. The van der Waals surface area contributed by atoms with Crippen molar-refractivity contribution in [3.63, 3.8) is 0 Å². The highest BCUT2D eigenvalue weighted by molar-refractivity contribution is 8.02. The number of aromatic nitrogens is 2. The predicted octanol–water partition coefficient (Wildman–Crippen LogP) is 2.66. The van der Waals surface area contributed by atoms with Gasteiger partial charge in [-0.1, -0.05) is 46.1 Å². The van der Waals surface area contributed by atoms with E-state index in [1.54, 1.807) is 48.0 Å². The Morgan fingerprint density at radius 3 is 2.81 bits per heavy atom. The number of methoxy groups -OCH3 is 1. The summed E-state index contributed by atoms with van der Waals surface area (Å²) in [5.41, 5.74) is 7.26. The highest BCUT2D eigenvalue weighted by atomic mass is 32.2. The average Bonchev–Trinajstić information content (AvgIpc) is 3.00. The Labute approximate surface area is 134 Å². The minimum absolute atomic E-state index is 0.0271. The molecule has 0 aliphatic heterocycles. The smallest absolute Gasteiger partial charge is 0.175 e. The van der Waals surface area contributed by atoms with Gasteiger partial charge >= 0.3 is 0 Å².